The third kappa shape index (κ3) is 19.1. The number of nitrogens with two attached hydrogens (primary N) is 5. The Kier molecular flexibility index (Phi) is 19.7. The van der Waals surface area contributed by atoms with Gasteiger partial charge in [-0.3, -0.25) is 0 Å². The molecular weight excluding hydrogens is 446 g/mol. The maximum Gasteiger partial charge on any atom is 0.407 e. The van der Waals surface area contributed by atoms with Crippen LogP contribution in [0, 0.1) is 0 Å². The van der Waals surface area contributed by atoms with E-state index in [2.05, 4.69) is 10.6 Å². The van der Waals surface area contributed by atoms with Crippen molar-refractivity contribution in [1.82, 2.24) is 10.6 Å². The SMILES string of the molecule is NCCCC[C@H](N)COC(=O)N[C@H](CCCCN)COC(=O)N[C@H](CCCCN)COC(N)=O. The molecule has 0 saturated carbocycles. The van der Waals surface area contributed by atoms with Crippen LogP contribution in [-0.4, -0.2) is 75.9 Å². The Hall–Kier alpha value is -2.35. The average molecular weight is 492 g/mol. The summed E-state index contributed by atoms with van der Waals surface area (Å²) >= 11 is 0. The summed E-state index contributed by atoms with van der Waals surface area (Å²) in [6.45, 7) is 1.56. The Bertz CT molecular complexity index is 556. The van der Waals surface area contributed by atoms with Crippen LogP contribution in [0.25, 0.3) is 0 Å². The number of carbonyl (C=O) groups excluding carboxylic acids is 3. The molecule has 0 unspecified atom stereocenters. The third-order valence-electron chi connectivity index (χ3n) is 4.96. The van der Waals surface area contributed by atoms with Crippen molar-refractivity contribution < 1.29 is 28.6 Å². The van der Waals surface area contributed by atoms with E-state index in [1.165, 1.54) is 0 Å². The number of alkyl carbamates (subject to hydrolysis) is 2. The van der Waals surface area contributed by atoms with Crippen molar-refractivity contribution in [1.29, 1.82) is 0 Å². The predicted molar refractivity (Wildman–Crippen MR) is 129 cm³/mol. The van der Waals surface area contributed by atoms with Crippen molar-refractivity contribution in [2.75, 3.05) is 39.5 Å². The smallest absolute Gasteiger partial charge is 0.407 e. The van der Waals surface area contributed by atoms with Crippen LogP contribution >= 0.6 is 0 Å². The van der Waals surface area contributed by atoms with Gasteiger partial charge in [0.2, 0.25) is 0 Å². The Morgan fingerprint density at radius 1 is 0.618 bits per heavy atom. The number of nitrogens with one attached hydrogen (secondary N) is 2. The molecule has 0 rings (SSSR count). The van der Waals surface area contributed by atoms with E-state index in [0.717, 1.165) is 38.5 Å². The van der Waals surface area contributed by atoms with E-state index in [0.29, 0.717) is 38.9 Å². The first-order chi connectivity index (χ1) is 16.3. The van der Waals surface area contributed by atoms with Crippen molar-refractivity contribution in [2.24, 2.45) is 28.7 Å². The molecule has 13 heteroatoms. The lowest BCUT2D eigenvalue weighted by Crippen LogP contribution is -2.44. The average Bonchev–Trinajstić information content (AvgIpc) is 2.79. The number of primary amides is 1. The number of unbranched alkanes of at least 4 members (excludes halogenated alkanes) is 3. The summed E-state index contributed by atoms with van der Waals surface area (Å²) in [5, 5.41) is 5.35. The molecule has 200 valence electrons. The van der Waals surface area contributed by atoms with Crippen LogP contribution in [0.4, 0.5) is 14.4 Å². The van der Waals surface area contributed by atoms with Crippen molar-refractivity contribution in [3.63, 3.8) is 0 Å². The summed E-state index contributed by atoms with van der Waals surface area (Å²) in [6, 6.07) is -1.20. The van der Waals surface area contributed by atoms with Gasteiger partial charge in [0, 0.05) is 6.04 Å². The molecule has 34 heavy (non-hydrogen) atoms. The highest BCUT2D eigenvalue weighted by molar-refractivity contribution is 5.69. The lowest BCUT2D eigenvalue weighted by molar-refractivity contribution is 0.104. The number of amides is 3. The zero-order chi connectivity index (χ0) is 25.6. The van der Waals surface area contributed by atoms with Gasteiger partial charge in [-0.1, -0.05) is 19.3 Å². The Morgan fingerprint density at radius 3 is 1.47 bits per heavy atom. The summed E-state index contributed by atoms with van der Waals surface area (Å²) in [7, 11) is 0. The fourth-order valence-electron chi connectivity index (χ4n) is 3.06. The van der Waals surface area contributed by atoms with Crippen LogP contribution in [0.5, 0.6) is 0 Å². The molecule has 0 saturated heterocycles. The van der Waals surface area contributed by atoms with Crippen molar-refractivity contribution in [3.8, 4) is 0 Å². The highest BCUT2D eigenvalue weighted by Crippen LogP contribution is 2.05. The van der Waals surface area contributed by atoms with Gasteiger partial charge < -0.3 is 53.5 Å². The molecule has 0 heterocycles. The highest BCUT2D eigenvalue weighted by atomic mass is 16.6. The number of carbonyl (C=O) groups is 3. The fraction of sp³-hybridized carbons (Fsp3) is 0.857. The molecule has 0 aliphatic carbocycles. The predicted octanol–water partition coefficient (Wildman–Crippen LogP) is -0.0144. The van der Waals surface area contributed by atoms with E-state index in [-0.39, 0.29) is 25.9 Å². The lowest BCUT2D eigenvalue weighted by atomic mass is 10.1. The molecule has 0 aromatic carbocycles. The molecule has 0 aromatic heterocycles. The fourth-order valence-corrected chi connectivity index (χ4v) is 3.06. The zero-order valence-electron chi connectivity index (χ0n) is 20.2. The molecule has 0 fully saturated rings. The van der Waals surface area contributed by atoms with Crippen LogP contribution in [0.2, 0.25) is 0 Å². The van der Waals surface area contributed by atoms with Gasteiger partial charge in [0.25, 0.3) is 0 Å². The maximum atomic E-state index is 12.3. The van der Waals surface area contributed by atoms with Crippen molar-refractivity contribution in [2.45, 2.75) is 75.9 Å². The van der Waals surface area contributed by atoms with Gasteiger partial charge in [0.05, 0.1) is 12.1 Å². The molecule has 0 aromatic rings. The summed E-state index contributed by atoms with van der Waals surface area (Å²) < 4.78 is 15.3. The second-order valence-electron chi connectivity index (χ2n) is 8.12. The van der Waals surface area contributed by atoms with Crippen LogP contribution in [-0.2, 0) is 14.2 Å². The second kappa shape index (κ2) is 21.2. The molecule has 13 nitrogen and oxygen atoms in total. The summed E-state index contributed by atoms with van der Waals surface area (Å²) in [5.74, 6) is 0. The molecule has 0 radical (unpaired) electrons. The van der Waals surface area contributed by atoms with Crippen LogP contribution in [0.3, 0.4) is 0 Å². The minimum atomic E-state index is -0.930. The first kappa shape index (κ1) is 31.6. The number of ether oxygens (including phenoxy) is 3. The topological polar surface area (TPSA) is 233 Å². The van der Waals surface area contributed by atoms with Crippen LogP contribution < -0.4 is 39.3 Å². The Labute approximate surface area is 202 Å². The summed E-state index contributed by atoms with van der Waals surface area (Å²) in [5.41, 5.74) is 27.4. The molecule has 0 spiro atoms. The molecule has 12 N–H and O–H groups in total. The van der Waals surface area contributed by atoms with E-state index in [1.807, 2.05) is 0 Å². The zero-order valence-corrected chi connectivity index (χ0v) is 20.2. The second-order valence-corrected chi connectivity index (χ2v) is 8.12. The van der Waals surface area contributed by atoms with E-state index in [9.17, 15) is 14.4 Å². The van der Waals surface area contributed by atoms with E-state index >= 15 is 0 Å². The molecule has 0 aliphatic rings. The number of hydrogen-bond donors (Lipinski definition) is 7. The van der Waals surface area contributed by atoms with E-state index in [1.54, 1.807) is 0 Å². The molecule has 0 aliphatic heterocycles. The Morgan fingerprint density at radius 2 is 1.03 bits per heavy atom. The third-order valence-corrected chi connectivity index (χ3v) is 4.96. The van der Waals surface area contributed by atoms with E-state index < -0.39 is 30.4 Å². The van der Waals surface area contributed by atoms with Gasteiger partial charge >= 0.3 is 18.3 Å². The minimum absolute atomic E-state index is 0.0692. The first-order valence-electron chi connectivity index (χ1n) is 12.0. The van der Waals surface area contributed by atoms with E-state index in [4.69, 9.17) is 42.9 Å². The molecule has 3 amide bonds. The van der Waals surface area contributed by atoms with Gasteiger partial charge in [-0.2, -0.15) is 0 Å². The van der Waals surface area contributed by atoms with Crippen LogP contribution in [0.15, 0.2) is 0 Å². The molecule has 3 atom stereocenters. The number of hydrogen-bond acceptors (Lipinski definition) is 10. The lowest BCUT2D eigenvalue weighted by Gasteiger charge is -2.21. The van der Waals surface area contributed by atoms with Crippen LogP contribution in [0.1, 0.15) is 57.8 Å². The maximum absolute atomic E-state index is 12.3. The largest absolute Gasteiger partial charge is 0.448 e. The molecular formula is C21H45N7O6. The van der Waals surface area contributed by atoms with Crippen molar-refractivity contribution in [3.05, 3.63) is 0 Å². The standard InChI is InChI=1S/C21H45N7O6/c22-10-4-1-7-16(25)13-33-20(30)28-18(9-3-6-12-24)15-34-21(31)27-17(8-2-5-11-23)14-32-19(26)29/h16-18H,1-15,22-25H2,(H2,26,29)(H,27,31)(H,28,30)/t16-,17+,18+/m0/s1. The summed E-state index contributed by atoms with van der Waals surface area (Å²) in [4.78, 5) is 35.3. The van der Waals surface area contributed by atoms with Gasteiger partial charge in [0.15, 0.2) is 0 Å². The monoisotopic (exact) mass is 491 g/mol. The number of rotatable bonds is 20. The van der Waals surface area contributed by atoms with Gasteiger partial charge in [-0.05, 0) is 58.2 Å². The van der Waals surface area contributed by atoms with Gasteiger partial charge in [0.1, 0.15) is 19.8 Å². The van der Waals surface area contributed by atoms with Crippen molar-refractivity contribution >= 4 is 18.3 Å². The normalized spacial score (nSPS) is 13.4. The minimum Gasteiger partial charge on any atom is -0.448 e. The quantitative estimate of drug-likeness (QED) is 0.0888. The Balaban J connectivity index is 4.61. The summed E-state index contributed by atoms with van der Waals surface area (Å²) in [6.07, 6.45) is 4.25. The molecule has 0 bridgehead atoms. The highest BCUT2D eigenvalue weighted by Gasteiger charge is 2.19. The first-order valence-corrected chi connectivity index (χ1v) is 12.0. The van der Waals surface area contributed by atoms with Gasteiger partial charge in [-0.25, -0.2) is 14.4 Å². The van der Waals surface area contributed by atoms with Gasteiger partial charge in [-0.15, -0.1) is 0 Å².